The third-order valence-electron chi connectivity index (χ3n) is 4.48. The fourth-order valence-corrected chi connectivity index (χ4v) is 2.71. The van der Waals surface area contributed by atoms with Crippen molar-refractivity contribution in [1.82, 2.24) is 0 Å². The molecule has 0 aromatic heterocycles. The van der Waals surface area contributed by atoms with Gasteiger partial charge in [-0.25, -0.2) is 9.59 Å². The van der Waals surface area contributed by atoms with Crippen LogP contribution in [0.1, 0.15) is 66.7 Å². The standard InChI is InChI=1S/C22H26O5.C6H2O2/c1-3-4-5-6-7-16(2)26-21(24)18-10-14-20(15-11-18)27-22(25)17-8-12-19(23)13-9-17;7-5-3-1-2-4-6-8/h8-16,23H,3-7H2,1-2H3;7-8H. The van der Waals surface area contributed by atoms with Gasteiger partial charge in [-0.2, -0.15) is 0 Å². The van der Waals surface area contributed by atoms with E-state index in [4.69, 9.17) is 19.7 Å². The highest BCUT2D eigenvalue weighted by Crippen LogP contribution is 2.17. The molecule has 182 valence electrons. The van der Waals surface area contributed by atoms with Crippen LogP contribution in [0, 0.1) is 35.9 Å². The van der Waals surface area contributed by atoms with Gasteiger partial charge in [0.2, 0.25) is 0 Å². The van der Waals surface area contributed by atoms with Crippen molar-refractivity contribution in [3.63, 3.8) is 0 Å². The zero-order chi connectivity index (χ0) is 25.9. The van der Waals surface area contributed by atoms with E-state index in [0.29, 0.717) is 16.9 Å². The molecule has 0 aliphatic carbocycles. The molecule has 0 heterocycles. The fourth-order valence-electron chi connectivity index (χ4n) is 2.71. The smallest absolute Gasteiger partial charge is 0.343 e. The number of carbonyl (C=O) groups excluding carboxylic acids is 2. The Morgan fingerprint density at radius 3 is 1.89 bits per heavy atom. The van der Waals surface area contributed by atoms with Gasteiger partial charge in [-0.3, -0.25) is 0 Å². The lowest BCUT2D eigenvalue weighted by atomic mass is 10.1. The number of carbonyl (C=O) groups is 2. The topological polar surface area (TPSA) is 113 Å². The third kappa shape index (κ3) is 12.3. The number of aliphatic hydroxyl groups is 2. The molecule has 3 N–H and O–H groups in total. The molecule has 1 unspecified atom stereocenters. The zero-order valence-corrected chi connectivity index (χ0v) is 19.7. The first kappa shape index (κ1) is 28.5. The molecular weight excluding hydrogens is 448 g/mol. The molecule has 0 saturated carbocycles. The lowest BCUT2D eigenvalue weighted by Gasteiger charge is -2.13. The van der Waals surface area contributed by atoms with Crippen molar-refractivity contribution in [2.24, 2.45) is 0 Å². The van der Waals surface area contributed by atoms with Crippen LogP contribution in [0.4, 0.5) is 0 Å². The lowest BCUT2D eigenvalue weighted by Crippen LogP contribution is -2.15. The van der Waals surface area contributed by atoms with E-state index in [1.807, 2.05) is 18.8 Å². The Balaban J connectivity index is 0.000000658. The fraction of sp³-hybridized carbons (Fsp3) is 0.286. The summed E-state index contributed by atoms with van der Waals surface area (Å²) in [4.78, 5) is 24.2. The second-order valence-electron chi connectivity index (χ2n) is 7.25. The molecule has 0 aliphatic heterocycles. The summed E-state index contributed by atoms with van der Waals surface area (Å²) in [7, 11) is 0. The first-order valence-electron chi connectivity index (χ1n) is 11.0. The van der Waals surface area contributed by atoms with E-state index < -0.39 is 5.97 Å². The van der Waals surface area contributed by atoms with Crippen molar-refractivity contribution in [1.29, 1.82) is 0 Å². The number of benzene rings is 2. The minimum atomic E-state index is -0.536. The quantitative estimate of drug-likeness (QED) is 0.206. The minimum absolute atomic E-state index is 0.0778. The summed E-state index contributed by atoms with van der Waals surface area (Å²) >= 11 is 0. The molecule has 0 saturated heterocycles. The normalized spacial score (nSPS) is 9.77. The summed E-state index contributed by atoms with van der Waals surface area (Å²) in [5, 5.41) is 24.8. The SMILES string of the molecule is CCCCCCC(C)OC(=O)c1ccc(OC(=O)c2ccc(O)cc2)cc1.OC#CC#CC#CO. The summed E-state index contributed by atoms with van der Waals surface area (Å²) in [6, 6.07) is 12.0. The maximum atomic E-state index is 12.2. The summed E-state index contributed by atoms with van der Waals surface area (Å²) in [6.07, 6.45) is 8.42. The van der Waals surface area contributed by atoms with Crippen molar-refractivity contribution >= 4 is 11.9 Å². The van der Waals surface area contributed by atoms with Gasteiger partial charge in [0.25, 0.3) is 0 Å². The highest BCUT2D eigenvalue weighted by atomic mass is 16.5. The van der Waals surface area contributed by atoms with Gasteiger partial charge in [0, 0.05) is 23.7 Å². The molecule has 0 bridgehead atoms. The second kappa shape index (κ2) is 17.0. The van der Waals surface area contributed by atoms with Crippen LogP contribution in [-0.4, -0.2) is 33.4 Å². The van der Waals surface area contributed by atoms with Crippen LogP contribution >= 0.6 is 0 Å². The molecule has 0 spiro atoms. The van der Waals surface area contributed by atoms with E-state index in [-0.39, 0.29) is 17.8 Å². The number of aliphatic hydroxyl groups excluding tert-OH is 2. The number of hydrogen-bond acceptors (Lipinski definition) is 7. The number of phenols is 1. The Morgan fingerprint density at radius 2 is 1.34 bits per heavy atom. The predicted octanol–water partition coefficient (Wildman–Crippen LogP) is 4.78. The average molecular weight is 477 g/mol. The summed E-state index contributed by atoms with van der Waals surface area (Å²) in [5.74, 6) is 7.80. The molecule has 35 heavy (non-hydrogen) atoms. The first-order valence-corrected chi connectivity index (χ1v) is 11.0. The number of hydrogen-bond donors (Lipinski definition) is 3. The molecule has 2 aromatic carbocycles. The van der Waals surface area contributed by atoms with Gasteiger partial charge >= 0.3 is 11.9 Å². The van der Waals surface area contributed by atoms with Crippen LogP contribution in [0.15, 0.2) is 48.5 Å². The van der Waals surface area contributed by atoms with Crippen LogP contribution in [0.2, 0.25) is 0 Å². The maximum Gasteiger partial charge on any atom is 0.343 e. The zero-order valence-electron chi connectivity index (χ0n) is 19.7. The molecule has 7 heteroatoms. The Bertz CT molecular complexity index is 1090. The Morgan fingerprint density at radius 1 is 0.800 bits per heavy atom. The third-order valence-corrected chi connectivity index (χ3v) is 4.48. The van der Waals surface area contributed by atoms with Gasteiger partial charge in [-0.15, -0.1) is 0 Å². The molecule has 2 rings (SSSR count). The summed E-state index contributed by atoms with van der Waals surface area (Å²) in [6.45, 7) is 4.06. The van der Waals surface area contributed by atoms with Crippen molar-refractivity contribution < 1.29 is 34.4 Å². The molecule has 0 fully saturated rings. The molecule has 2 aromatic rings. The van der Waals surface area contributed by atoms with Crippen molar-refractivity contribution in [3.8, 4) is 47.4 Å². The number of unbranched alkanes of at least 4 members (excludes halogenated alkanes) is 3. The van der Waals surface area contributed by atoms with E-state index in [1.54, 1.807) is 36.5 Å². The highest BCUT2D eigenvalue weighted by molar-refractivity contribution is 5.92. The molecule has 0 aliphatic rings. The molecule has 1 atom stereocenters. The Labute approximate surface area is 205 Å². The Kier molecular flexibility index (Phi) is 13.8. The van der Waals surface area contributed by atoms with E-state index in [1.165, 1.54) is 37.1 Å². The largest absolute Gasteiger partial charge is 0.508 e. The number of rotatable bonds is 9. The monoisotopic (exact) mass is 476 g/mol. The lowest BCUT2D eigenvalue weighted by molar-refractivity contribution is 0.0319. The van der Waals surface area contributed by atoms with Gasteiger partial charge < -0.3 is 24.8 Å². The van der Waals surface area contributed by atoms with Gasteiger partial charge in [-0.1, -0.05) is 26.2 Å². The van der Waals surface area contributed by atoms with Crippen LogP contribution in [-0.2, 0) is 4.74 Å². The van der Waals surface area contributed by atoms with Gasteiger partial charge in [-0.05, 0) is 68.3 Å². The van der Waals surface area contributed by atoms with Crippen LogP contribution in [0.25, 0.3) is 0 Å². The second-order valence-corrected chi connectivity index (χ2v) is 7.25. The van der Waals surface area contributed by atoms with Crippen LogP contribution in [0.3, 0.4) is 0 Å². The van der Waals surface area contributed by atoms with Crippen molar-refractivity contribution in [3.05, 3.63) is 59.7 Å². The molecule has 7 nitrogen and oxygen atoms in total. The van der Waals surface area contributed by atoms with E-state index >= 15 is 0 Å². The molecular formula is C28H28O7. The van der Waals surface area contributed by atoms with Crippen molar-refractivity contribution in [2.75, 3.05) is 0 Å². The van der Waals surface area contributed by atoms with Gasteiger partial charge in [0.05, 0.1) is 17.2 Å². The van der Waals surface area contributed by atoms with E-state index in [9.17, 15) is 14.7 Å². The highest BCUT2D eigenvalue weighted by Gasteiger charge is 2.13. The number of aromatic hydroxyl groups is 1. The number of phenolic OH excluding ortho intramolecular Hbond substituents is 1. The van der Waals surface area contributed by atoms with Crippen LogP contribution < -0.4 is 4.74 Å². The number of ether oxygens (including phenoxy) is 2. The minimum Gasteiger partial charge on any atom is -0.508 e. The van der Waals surface area contributed by atoms with Crippen molar-refractivity contribution in [2.45, 2.75) is 52.1 Å². The van der Waals surface area contributed by atoms with Crippen LogP contribution in [0.5, 0.6) is 11.5 Å². The first-order chi connectivity index (χ1) is 16.9. The van der Waals surface area contributed by atoms with E-state index in [2.05, 4.69) is 18.8 Å². The Hall–Kier alpha value is -4.54. The molecule has 0 radical (unpaired) electrons. The van der Waals surface area contributed by atoms with Gasteiger partial charge in [0.1, 0.15) is 23.7 Å². The summed E-state index contributed by atoms with van der Waals surface area (Å²) in [5.41, 5.74) is 0.744. The average Bonchev–Trinajstić information content (AvgIpc) is 2.86. The summed E-state index contributed by atoms with van der Waals surface area (Å²) < 4.78 is 10.7. The van der Waals surface area contributed by atoms with Gasteiger partial charge in [0.15, 0.2) is 0 Å². The maximum absolute atomic E-state index is 12.2. The van der Waals surface area contributed by atoms with E-state index in [0.717, 1.165) is 19.3 Å². The number of esters is 2. The molecule has 0 amide bonds. The predicted molar refractivity (Wildman–Crippen MR) is 130 cm³/mol.